The lowest BCUT2D eigenvalue weighted by Crippen LogP contribution is -2.07. The molecular weight excluding hydrogens is 469 g/mol. The van der Waals surface area contributed by atoms with Crippen molar-refractivity contribution in [2.75, 3.05) is 7.11 Å². The molecule has 0 fully saturated rings. The Bertz CT molecular complexity index is 1410. The summed E-state index contributed by atoms with van der Waals surface area (Å²) in [5.41, 5.74) is -0.327. The fourth-order valence-electron chi connectivity index (χ4n) is 3.67. The smallest absolute Gasteiger partial charge is 0.416 e. The third-order valence-electron chi connectivity index (χ3n) is 5.18. The van der Waals surface area contributed by atoms with Crippen molar-refractivity contribution in [1.29, 1.82) is 0 Å². The number of H-pyrrole nitrogens is 1. The van der Waals surface area contributed by atoms with Gasteiger partial charge in [-0.2, -0.15) is 13.2 Å². The van der Waals surface area contributed by atoms with Crippen LogP contribution in [0.2, 0.25) is 0 Å². The van der Waals surface area contributed by atoms with Crippen LogP contribution in [0.5, 0.6) is 17.2 Å². The number of carboxylic acid groups (broad SMARTS) is 2. The van der Waals surface area contributed by atoms with Crippen LogP contribution in [0.25, 0.3) is 22.2 Å². The molecule has 180 valence electrons. The van der Waals surface area contributed by atoms with Crippen LogP contribution in [-0.4, -0.2) is 39.2 Å². The highest BCUT2D eigenvalue weighted by Gasteiger charge is 2.30. The van der Waals surface area contributed by atoms with E-state index in [0.717, 1.165) is 24.3 Å². The minimum Gasteiger partial charge on any atom is -0.495 e. The van der Waals surface area contributed by atoms with Gasteiger partial charge in [-0.05, 0) is 48.5 Å². The molecule has 0 atom stereocenters. The Morgan fingerprint density at radius 3 is 2.23 bits per heavy atom. The first-order valence-electron chi connectivity index (χ1n) is 10.1. The second-order valence-electron chi connectivity index (χ2n) is 7.42. The van der Waals surface area contributed by atoms with Crippen LogP contribution in [0.15, 0.2) is 54.7 Å². The summed E-state index contributed by atoms with van der Waals surface area (Å²) in [6.45, 7) is 0. The molecule has 0 amide bonds. The number of rotatable bonds is 7. The molecule has 0 saturated carbocycles. The number of halogens is 3. The van der Waals surface area contributed by atoms with E-state index in [1.54, 1.807) is 12.1 Å². The zero-order valence-electron chi connectivity index (χ0n) is 18.0. The van der Waals surface area contributed by atoms with Gasteiger partial charge in [-0.25, -0.2) is 4.79 Å². The number of aromatic nitrogens is 2. The lowest BCUT2D eigenvalue weighted by molar-refractivity contribution is -0.138. The number of hydrogen-bond donors (Lipinski definition) is 3. The largest absolute Gasteiger partial charge is 0.495 e. The molecule has 3 N–H and O–H groups in total. The number of nitrogens with zero attached hydrogens (tertiary/aromatic N) is 1. The fraction of sp³-hybridized carbons (Fsp3) is 0.125. The Kier molecular flexibility index (Phi) is 6.08. The summed E-state index contributed by atoms with van der Waals surface area (Å²) in [4.78, 5) is 30.6. The number of fused-ring (bicyclic) bond motifs is 1. The van der Waals surface area contributed by atoms with Crippen molar-refractivity contribution in [2.24, 2.45) is 0 Å². The SMILES string of the molecule is COc1ccc(-c2c(Oc3ccc(C(F)(F)F)cc3)ccc3[nH]c(CC(=O)O)c(C(=O)O)c23)nc1. The summed E-state index contributed by atoms with van der Waals surface area (Å²) in [5.74, 6) is -1.98. The summed E-state index contributed by atoms with van der Waals surface area (Å²) in [7, 11) is 1.45. The maximum Gasteiger partial charge on any atom is 0.416 e. The molecule has 0 spiro atoms. The summed E-state index contributed by atoms with van der Waals surface area (Å²) >= 11 is 0. The van der Waals surface area contributed by atoms with Gasteiger partial charge in [0.1, 0.15) is 17.2 Å². The van der Waals surface area contributed by atoms with E-state index < -0.39 is 30.1 Å². The van der Waals surface area contributed by atoms with Crippen LogP contribution in [0.4, 0.5) is 13.2 Å². The highest BCUT2D eigenvalue weighted by atomic mass is 19.4. The quantitative estimate of drug-likeness (QED) is 0.321. The number of hydrogen-bond acceptors (Lipinski definition) is 5. The van der Waals surface area contributed by atoms with Crippen molar-refractivity contribution in [2.45, 2.75) is 12.6 Å². The van der Waals surface area contributed by atoms with E-state index in [1.807, 2.05) is 0 Å². The molecular formula is C24H17F3N2O6. The molecule has 4 rings (SSSR count). The predicted octanol–water partition coefficient (Wildman–Crippen LogP) is 5.37. The Balaban J connectivity index is 1.93. The Morgan fingerprint density at radius 1 is 1.00 bits per heavy atom. The number of alkyl halides is 3. The van der Waals surface area contributed by atoms with Gasteiger partial charge in [0.05, 0.1) is 42.1 Å². The monoisotopic (exact) mass is 486 g/mol. The minimum absolute atomic E-state index is 0.0264. The molecule has 35 heavy (non-hydrogen) atoms. The molecule has 4 aromatic rings. The molecule has 0 bridgehead atoms. The van der Waals surface area contributed by atoms with Gasteiger partial charge < -0.3 is 24.7 Å². The number of benzene rings is 2. The number of pyridine rings is 1. The van der Waals surface area contributed by atoms with E-state index in [4.69, 9.17) is 9.47 Å². The Labute approximate surface area is 195 Å². The van der Waals surface area contributed by atoms with Gasteiger partial charge in [-0.3, -0.25) is 9.78 Å². The topological polar surface area (TPSA) is 122 Å². The minimum atomic E-state index is -4.52. The highest BCUT2D eigenvalue weighted by Crippen LogP contribution is 2.42. The molecule has 2 heterocycles. The maximum atomic E-state index is 12.9. The first kappa shape index (κ1) is 23.6. The second-order valence-corrected chi connectivity index (χ2v) is 7.42. The molecule has 0 radical (unpaired) electrons. The highest BCUT2D eigenvalue weighted by molar-refractivity contribution is 6.12. The van der Waals surface area contributed by atoms with Crippen LogP contribution < -0.4 is 9.47 Å². The van der Waals surface area contributed by atoms with Crippen LogP contribution in [0.3, 0.4) is 0 Å². The second kappa shape index (κ2) is 9.01. The van der Waals surface area contributed by atoms with Crippen LogP contribution in [0.1, 0.15) is 21.6 Å². The van der Waals surface area contributed by atoms with E-state index in [0.29, 0.717) is 11.3 Å². The van der Waals surface area contributed by atoms with Crippen LogP contribution in [0, 0.1) is 0 Å². The van der Waals surface area contributed by atoms with Gasteiger partial charge >= 0.3 is 18.1 Å². The molecule has 2 aromatic heterocycles. The zero-order chi connectivity index (χ0) is 25.3. The normalized spacial score (nSPS) is 11.4. The van der Waals surface area contributed by atoms with E-state index in [1.165, 1.54) is 25.4 Å². The molecule has 0 aliphatic rings. The number of methoxy groups -OCH3 is 1. The molecule has 0 aliphatic carbocycles. The zero-order valence-corrected chi connectivity index (χ0v) is 18.0. The summed E-state index contributed by atoms with van der Waals surface area (Å²) in [5, 5.41) is 19.3. The summed E-state index contributed by atoms with van der Waals surface area (Å²) in [6.07, 6.45) is -3.68. The number of nitrogens with one attached hydrogen (secondary N) is 1. The molecule has 0 saturated heterocycles. The van der Waals surface area contributed by atoms with Gasteiger partial charge in [0.25, 0.3) is 0 Å². The number of aromatic carboxylic acids is 1. The van der Waals surface area contributed by atoms with Crippen molar-refractivity contribution in [1.82, 2.24) is 9.97 Å². The van der Waals surface area contributed by atoms with Crippen LogP contribution in [-0.2, 0) is 17.4 Å². The van der Waals surface area contributed by atoms with Gasteiger partial charge in [-0.1, -0.05) is 0 Å². The van der Waals surface area contributed by atoms with Gasteiger partial charge in [0.15, 0.2) is 0 Å². The van der Waals surface area contributed by atoms with Crippen molar-refractivity contribution >= 4 is 22.8 Å². The molecule has 0 aliphatic heterocycles. The molecule has 11 heteroatoms. The van der Waals surface area contributed by atoms with Gasteiger partial charge in [0.2, 0.25) is 0 Å². The van der Waals surface area contributed by atoms with Gasteiger partial charge in [-0.15, -0.1) is 0 Å². The average molecular weight is 486 g/mol. The van der Waals surface area contributed by atoms with Crippen molar-refractivity contribution < 1.29 is 42.4 Å². The third-order valence-corrected chi connectivity index (χ3v) is 5.18. The van der Waals surface area contributed by atoms with E-state index >= 15 is 0 Å². The maximum absolute atomic E-state index is 12.9. The van der Waals surface area contributed by atoms with E-state index in [9.17, 15) is 33.0 Å². The lowest BCUT2D eigenvalue weighted by Gasteiger charge is -2.14. The number of carbonyl (C=O) groups is 2. The van der Waals surface area contributed by atoms with Crippen molar-refractivity contribution in [3.63, 3.8) is 0 Å². The predicted molar refractivity (Wildman–Crippen MR) is 118 cm³/mol. The van der Waals surface area contributed by atoms with E-state index in [-0.39, 0.29) is 39.4 Å². The third kappa shape index (κ3) is 4.74. The average Bonchev–Trinajstić information content (AvgIpc) is 3.16. The number of aromatic amines is 1. The van der Waals surface area contributed by atoms with Gasteiger partial charge in [0, 0.05) is 16.6 Å². The first-order chi connectivity index (χ1) is 16.6. The summed E-state index contributed by atoms with van der Waals surface area (Å²) in [6, 6.07) is 10.2. The fourth-order valence-corrected chi connectivity index (χ4v) is 3.67. The first-order valence-corrected chi connectivity index (χ1v) is 10.1. The van der Waals surface area contributed by atoms with Crippen molar-refractivity contribution in [3.05, 3.63) is 71.5 Å². The Morgan fingerprint density at radius 2 is 1.69 bits per heavy atom. The standard InChI is InChI=1S/C24H17F3N2O6/c1-34-14-6-7-15(28-11-14)20-18(35-13-4-2-12(3-5-13)24(25,26)27)9-8-16-21(20)22(23(32)33)17(29-16)10-19(30)31/h2-9,11,29H,10H2,1H3,(H,30,31)(H,32,33). The lowest BCUT2D eigenvalue weighted by atomic mass is 9.99. The summed E-state index contributed by atoms with van der Waals surface area (Å²) < 4.78 is 49.7. The van der Waals surface area contributed by atoms with Crippen LogP contribution >= 0.6 is 0 Å². The molecule has 8 nitrogen and oxygen atoms in total. The van der Waals surface area contributed by atoms with Crippen molar-refractivity contribution in [3.8, 4) is 28.5 Å². The Hall–Kier alpha value is -4.54. The van der Waals surface area contributed by atoms with E-state index in [2.05, 4.69) is 9.97 Å². The molecule has 0 unspecified atom stereocenters. The number of ether oxygens (including phenoxy) is 2. The molecule has 2 aromatic carbocycles. The number of aliphatic carboxylic acids is 1. The number of carboxylic acids is 2.